The van der Waals surface area contributed by atoms with Gasteiger partial charge < -0.3 is 10.4 Å². The molecular formula is C11H13N3O3. The van der Waals surface area contributed by atoms with E-state index in [2.05, 4.69) is 15.3 Å². The molecule has 2 N–H and O–H groups in total. The summed E-state index contributed by atoms with van der Waals surface area (Å²) in [5, 5.41) is 11.6. The van der Waals surface area contributed by atoms with Gasteiger partial charge in [0.25, 0.3) is 5.91 Å². The fourth-order valence-electron chi connectivity index (χ4n) is 2.01. The van der Waals surface area contributed by atoms with Crippen molar-refractivity contribution < 1.29 is 14.7 Å². The van der Waals surface area contributed by atoms with Crippen LogP contribution in [0.1, 0.15) is 29.8 Å². The van der Waals surface area contributed by atoms with Crippen LogP contribution < -0.4 is 5.32 Å². The molecule has 1 amide bonds. The number of hydrogen-bond donors (Lipinski definition) is 2. The van der Waals surface area contributed by atoms with E-state index in [-0.39, 0.29) is 23.6 Å². The lowest BCUT2D eigenvalue weighted by atomic mass is 10.1. The summed E-state index contributed by atoms with van der Waals surface area (Å²) in [6.07, 6.45) is 6.13. The van der Waals surface area contributed by atoms with Crippen LogP contribution in [0.4, 0.5) is 0 Å². The molecule has 1 aromatic heterocycles. The fraction of sp³-hybridized carbons (Fsp3) is 0.455. The van der Waals surface area contributed by atoms with Crippen molar-refractivity contribution in [3.63, 3.8) is 0 Å². The van der Waals surface area contributed by atoms with Gasteiger partial charge in [-0.3, -0.25) is 14.6 Å². The maximum atomic E-state index is 11.7. The molecule has 1 heterocycles. The Morgan fingerprint density at radius 2 is 2.18 bits per heavy atom. The Labute approximate surface area is 98.1 Å². The van der Waals surface area contributed by atoms with E-state index >= 15 is 0 Å². The number of carboxylic acids is 1. The first-order valence-electron chi connectivity index (χ1n) is 5.46. The van der Waals surface area contributed by atoms with Gasteiger partial charge in [0, 0.05) is 18.4 Å². The molecule has 6 nitrogen and oxygen atoms in total. The Kier molecular flexibility index (Phi) is 3.32. The maximum absolute atomic E-state index is 11.7. The number of carbonyl (C=O) groups is 2. The van der Waals surface area contributed by atoms with Crippen LogP contribution in [0, 0.1) is 5.92 Å². The molecule has 1 aliphatic carbocycles. The molecule has 0 aromatic carbocycles. The van der Waals surface area contributed by atoms with Gasteiger partial charge in [-0.05, 0) is 19.3 Å². The molecule has 2 atom stereocenters. The van der Waals surface area contributed by atoms with Crippen LogP contribution in [-0.4, -0.2) is 33.0 Å². The van der Waals surface area contributed by atoms with E-state index in [0.29, 0.717) is 19.3 Å². The Morgan fingerprint density at radius 1 is 1.35 bits per heavy atom. The molecule has 0 spiro atoms. The topological polar surface area (TPSA) is 92.2 Å². The minimum atomic E-state index is -0.791. The molecule has 17 heavy (non-hydrogen) atoms. The minimum Gasteiger partial charge on any atom is -0.481 e. The number of nitrogens with zero attached hydrogens (tertiary/aromatic N) is 2. The summed E-state index contributed by atoms with van der Waals surface area (Å²) >= 11 is 0. The van der Waals surface area contributed by atoms with E-state index in [1.54, 1.807) is 0 Å². The summed E-state index contributed by atoms with van der Waals surface area (Å²) < 4.78 is 0. The fourth-order valence-corrected chi connectivity index (χ4v) is 2.01. The number of nitrogens with one attached hydrogen (secondary N) is 1. The van der Waals surface area contributed by atoms with E-state index < -0.39 is 5.97 Å². The standard InChI is InChI=1S/C11H13N3O3/c15-10(9-6-12-3-4-13-9)14-8-2-1-7(5-8)11(16)17/h3-4,6-8H,1-2,5H2,(H,14,15)(H,16,17)/t7-,8+/m0/s1. The number of rotatable bonds is 3. The minimum absolute atomic E-state index is 0.0781. The maximum Gasteiger partial charge on any atom is 0.306 e. The normalized spacial score (nSPS) is 23.3. The number of hydrogen-bond acceptors (Lipinski definition) is 4. The molecule has 0 bridgehead atoms. The van der Waals surface area contributed by atoms with Gasteiger partial charge in [-0.15, -0.1) is 0 Å². The summed E-state index contributed by atoms with van der Waals surface area (Å²) in [6, 6.07) is -0.0781. The van der Waals surface area contributed by atoms with Crippen LogP contribution in [-0.2, 0) is 4.79 Å². The van der Waals surface area contributed by atoms with Crippen LogP contribution in [0.2, 0.25) is 0 Å². The third kappa shape index (κ3) is 2.77. The van der Waals surface area contributed by atoms with Gasteiger partial charge >= 0.3 is 5.97 Å². The van der Waals surface area contributed by atoms with Crippen LogP contribution >= 0.6 is 0 Å². The smallest absolute Gasteiger partial charge is 0.306 e. The largest absolute Gasteiger partial charge is 0.481 e. The zero-order valence-electron chi connectivity index (χ0n) is 9.17. The van der Waals surface area contributed by atoms with Crippen molar-refractivity contribution in [3.05, 3.63) is 24.3 Å². The predicted molar refractivity (Wildman–Crippen MR) is 58.3 cm³/mol. The van der Waals surface area contributed by atoms with Crippen LogP contribution in [0.25, 0.3) is 0 Å². The van der Waals surface area contributed by atoms with Crippen LogP contribution in [0.15, 0.2) is 18.6 Å². The van der Waals surface area contributed by atoms with Crippen molar-refractivity contribution in [2.24, 2.45) is 5.92 Å². The second-order valence-electron chi connectivity index (χ2n) is 4.11. The number of amides is 1. The van der Waals surface area contributed by atoms with Crippen molar-refractivity contribution in [1.29, 1.82) is 0 Å². The highest BCUT2D eigenvalue weighted by Gasteiger charge is 2.30. The molecule has 0 radical (unpaired) electrons. The summed E-state index contributed by atoms with van der Waals surface area (Å²) in [7, 11) is 0. The molecule has 1 fully saturated rings. The SMILES string of the molecule is O=C(N[C@@H]1CC[C@H](C(=O)O)C1)c1cnccn1. The molecule has 1 aliphatic rings. The van der Waals surface area contributed by atoms with Gasteiger partial charge in [-0.2, -0.15) is 0 Å². The third-order valence-electron chi connectivity index (χ3n) is 2.91. The van der Waals surface area contributed by atoms with Crippen molar-refractivity contribution in [2.75, 3.05) is 0 Å². The monoisotopic (exact) mass is 235 g/mol. The summed E-state index contributed by atoms with van der Waals surface area (Å²) in [5.74, 6) is -1.43. The van der Waals surface area contributed by atoms with Gasteiger partial charge in [0.15, 0.2) is 0 Å². The predicted octanol–water partition coefficient (Wildman–Crippen LogP) is 0.460. The van der Waals surface area contributed by atoms with Gasteiger partial charge in [0.2, 0.25) is 0 Å². The molecule has 90 valence electrons. The quantitative estimate of drug-likeness (QED) is 0.794. The Bertz CT molecular complexity index is 421. The molecule has 2 rings (SSSR count). The highest BCUT2D eigenvalue weighted by Crippen LogP contribution is 2.25. The first-order chi connectivity index (χ1) is 8.16. The van der Waals surface area contributed by atoms with Gasteiger partial charge in [-0.25, -0.2) is 4.98 Å². The van der Waals surface area contributed by atoms with Gasteiger partial charge in [-0.1, -0.05) is 0 Å². The van der Waals surface area contributed by atoms with Crippen molar-refractivity contribution in [3.8, 4) is 0 Å². The number of carboxylic acid groups (broad SMARTS) is 1. The second-order valence-corrected chi connectivity index (χ2v) is 4.11. The summed E-state index contributed by atoms with van der Waals surface area (Å²) in [4.78, 5) is 30.2. The lowest BCUT2D eigenvalue weighted by Gasteiger charge is -2.11. The Morgan fingerprint density at radius 3 is 2.76 bits per heavy atom. The zero-order valence-corrected chi connectivity index (χ0v) is 9.17. The number of aliphatic carboxylic acids is 1. The number of aromatic nitrogens is 2. The average molecular weight is 235 g/mol. The summed E-state index contributed by atoms with van der Waals surface area (Å²) in [5.41, 5.74) is 0.256. The lowest BCUT2D eigenvalue weighted by Crippen LogP contribution is -2.33. The molecule has 1 saturated carbocycles. The molecule has 0 aliphatic heterocycles. The first kappa shape index (κ1) is 11.5. The highest BCUT2D eigenvalue weighted by molar-refractivity contribution is 5.92. The molecule has 0 saturated heterocycles. The zero-order chi connectivity index (χ0) is 12.3. The Hall–Kier alpha value is -1.98. The third-order valence-corrected chi connectivity index (χ3v) is 2.91. The van der Waals surface area contributed by atoms with Crippen LogP contribution in [0.5, 0.6) is 0 Å². The Balaban J connectivity index is 1.91. The molecule has 1 aromatic rings. The summed E-state index contributed by atoms with van der Waals surface area (Å²) in [6.45, 7) is 0. The number of carbonyl (C=O) groups excluding carboxylic acids is 1. The molecule has 0 unspecified atom stereocenters. The van der Waals surface area contributed by atoms with Crippen molar-refractivity contribution in [1.82, 2.24) is 15.3 Å². The van der Waals surface area contributed by atoms with Crippen LogP contribution in [0.3, 0.4) is 0 Å². The second kappa shape index (κ2) is 4.90. The average Bonchev–Trinajstić information content (AvgIpc) is 2.79. The van der Waals surface area contributed by atoms with E-state index in [1.807, 2.05) is 0 Å². The van der Waals surface area contributed by atoms with Crippen molar-refractivity contribution >= 4 is 11.9 Å². The van der Waals surface area contributed by atoms with Gasteiger partial charge in [0.1, 0.15) is 5.69 Å². The highest BCUT2D eigenvalue weighted by atomic mass is 16.4. The lowest BCUT2D eigenvalue weighted by molar-refractivity contribution is -0.141. The van der Waals surface area contributed by atoms with E-state index in [9.17, 15) is 9.59 Å². The van der Waals surface area contributed by atoms with E-state index in [4.69, 9.17) is 5.11 Å². The molecular weight excluding hydrogens is 222 g/mol. The van der Waals surface area contributed by atoms with Gasteiger partial charge in [0.05, 0.1) is 12.1 Å². The van der Waals surface area contributed by atoms with E-state index in [0.717, 1.165) is 0 Å². The van der Waals surface area contributed by atoms with Crippen molar-refractivity contribution in [2.45, 2.75) is 25.3 Å². The molecule has 6 heteroatoms. The first-order valence-corrected chi connectivity index (χ1v) is 5.46. The van der Waals surface area contributed by atoms with E-state index in [1.165, 1.54) is 18.6 Å².